The lowest BCUT2D eigenvalue weighted by Gasteiger charge is -2.39. The van der Waals surface area contributed by atoms with Crippen LogP contribution in [0.3, 0.4) is 0 Å². The first-order valence-corrected chi connectivity index (χ1v) is 11.1. The van der Waals surface area contributed by atoms with Crippen molar-refractivity contribution < 1.29 is 5.11 Å². The smallest absolute Gasteiger partial charge is 0.0653 e. The Hall–Kier alpha value is -1.33. The van der Waals surface area contributed by atoms with Gasteiger partial charge in [-0.1, -0.05) is 67.2 Å². The van der Waals surface area contributed by atoms with E-state index >= 15 is 0 Å². The van der Waals surface area contributed by atoms with Crippen molar-refractivity contribution >= 4 is 19.4 Å². The van der Waals surface area contributed by atoms with Gasteiger partial charge in [0.1, 0.15) is 0 Å². The largest absolute Gasteiger partial charge is 0.394 e. The van der Waals surface area contributed by atoms with Gasteiger partial charge in [-0.25, -0.2) is 0 Å². The zero-order valence-corrected chi connectivity index (χ0v) is 18.0. The summed E-state index contributed by atoms with van der Waals surface area (Å²) < 4.78 is 0. The van der Waals surface area contributed by atoms with Gasteiger partial charge in [-0.2, -0.15) is 0 Å². The molecule has 1 heterocycles. The third-order valence-electron chi connectivity index (χ3n) is 6.18. The molecule has 0 fully saturated rings. The van der Waals surface area contributed by atoms with Crippen molar-refractivity contribution in [2.75, 3.05) is 6.61 Å². The van der Waals surface area contributed by atoms with Crippen molar-refractivity contribution in [1.29, 1.82) is 0 Å². The number of benzene rings is 2. The van der Waals surface area contributed by atoms with Gasteiger partial charge in [-0.3, -0.25) is 4.90 Å². The molecule has 2 aromatic carbocycles. The Labute approximate surface area is 181 Å². The number of unbranched alkanes of at least 4 members (excludes halogenated alkanes) is 1. The minimum Gasteiger partial charge on any atom is -0.394 e. The van der Waals surface area contributed by atoms with Crippen LogP contribution in [0.4, 0.5) is 0 Å². The number of hydrogen-bond acceptors (Lipinski definition) is 3. The average Bonchev–Trinajstić information content (AvgIpc) is 2.74. The number of aliphatic hydroxyl groups excluding tert-OH is 1. The Bertz CT molecular complexity index is 770. The molecule has 3 N–H and O–H groups in total. The lowest BCUT2D eigenvalue weighted by atomic mass is 9.83. The molecule has 0 saturated carbocycles. The van der Waals surface area contributed by atoms with Gasteiger partial charge >= 0.3 is 0 Å². The zero-order chi connectivity index (χ0) is 20.7. The molecule has 5 heteroatoms. The first kappa shape index (κ1) is 22.4. The topological polar surface area (TPSA) is 49.5 Å². The maximum absolute atomic E-state index is 9.92. The van der Waals surface area contributed by atoms with E-state index in [0.717, 1.165) is 56.6 Å². The summed E-state index contributed by atoms with van der Waals surface area (Å²) in [6.45, 7) is 1.85. The van der Waals surface area contributed by atoms with Gasteiger partial charge in [0.05, 0.1) is 14.5 Å². The average molecular weight is 411 g/mol. The van der Waals surface area contributed by atoms with Crippen LogP contribution in [0.1, 0.15) is 48.8 Å². The molecule has 3 nitrogen and oxygen atoms in total. The monoisotopic (exact) mass is 410 g/mol. The highest BCUT2D eigenvalue weighted by molar-refractivity contribution is 6.30. The summed E-state index contributed by atoms with van der Waals surface area (Å²) in [5.41, 5.74) is 10.1. The van der Waals surface area contributed by atoms with Gasteiger partial charge in [0.15, 0.2) is 0 Å². The summed E-state index contributed by atoms with van der Waals surface area (Å²) in [7, 11) is 5.62. The predicted molar refractivity (Wildman–Crippen MR) is 122 cm³/mol. The number of nitrogens with two attached hydrogens (primary N) is 1. The van der Waals surface area contributed by atoms with Crippen LogP contribution in [0.15, 0.2) is 48.5 Å². The molecule has 0 saturated heterocycles. The third kappa shape index (κ3) is 6.32. The van der Waals surface area contributed by atoms with Crippen molar-refractivity contribution in [2.24, 2.45) is 5.73 Å². The van der Waals surface area contributed by atoms with Crippen molar-refractivity contribution in [3.63, 3.8) is 0 Å². The van der Waals surface area contributed by atoms with Crippen LogP contribution in [-0.4, -0.2) is 36.0 Å². The van der Waals surface area contributed by atoms with Crippen LogP contribution in [0.2, 0.25) is 11.3 Å². The molecule has 2 unspecified atom stereocenters. The van der Waals surface area contributed by atoms with Gasteiger partial charge in [0.25, 0.3) is 0 Å². The fourth-order valence-corrected chi connectivity index (χ4v) is 4.42. The minimum atomic E-state index is -0.516. The SMILES string of the molecule is [B]CCCCC(N)(CO)CCC1Cc2ccccc2CN1Cc1ccc(Cl)cc1. The quantitative estimate of drug-likeness (QED) is 0.448. The Morgan fingerprint density at radius 2 is 1.79 bits per heavy atom. The molecule has 0 aliphatic carbocycles. The summed E-state index contributed by atoms with van der Waals surface area (Å²) in [5.74, 6) is 0. The maximum Gasteiger partial charge on any atom is 0.0653 e. The summed E-state index contributed by atoms with van der Waals surface area (Å²) in [6, 6.07) is 17.2. The molecule has 0 bridgehead atoms. The van der Waals surface area contributed by atoms with Crippen LogP contribution >= 0.6 is 11.6 Å². The normalized spacial score (nSPS) is 18.9. The van der Waals surface area contributed by atoms with Gasteiger partial charge < -0.3 is 10.8 Å². The van der Waals surface area contributed by atoms with Crippen molar-refractivity contribution in [3.8, 4) is 0 Å². The molecule has 154 valence electrons. The van der Waals surface area contributed by atoms with Gasteiger partial charge in [0.2, 0.25) is 0 Å². The van der Waals surface area contributed by atoms with Crippen LogP contribution in [-0.2, 0) is 19.5 Å². The first-order chi connectivity index (χ1) is 14.0. The summed E-state index contributed by atoms with van der Waals surface area (Å²) >= 11 is 6.06. The highest BCUT2D eigenvalue weighted by Crippen LogP contribution is 2.29. The molecule has 2 aromatic rings. The lowest BCUT2D eigenvalue weighted by Crippen LogP contribution is -2.47. The van der Waals surface area contributed by atoms with E-state index < -0.39 is 5.54 Å². The standard InChI is InChI=1S/C24H32BClN2O/c25-14-4-3-12-24(27,18-29)13-11-23-15-20-5-1-2-6-21(20)17-28(23)16-19-7-9-22(26)10-8-19/h1-2,5-10,23,29H,3-4,11-18,27H2. The van der Waals surface area contributed by atoms with E-state index in [1.165, 1.54) is 16.7 Å². The number of hydrogen-bond donors (Lipinski definition) is 2. The highest BCUT2D eigenvalue weighted by Gasteiger charge is 2.30. The van der Waals surface area contributed by atoms with E-state index in [1.54, 1.807) is 0 Å². The molecule has 0 spiro atoms. The van der Waals surface area contributed by atoms with E-state index in [9.17, 15) is 5.11 Å². The Morgan fingerprint density at radius 3 is 2.48 bits per heavy atom. The maximum atomic E-state index is 9.92. The van der Waals surface area contributed by atoms with E-state index in [-0.39, 0.29) is 6.61 Å². The number of halogens is 1. The van der Waals surface area contributed by atoms with Crippen molar-refractivity contribution in [1.82, 2.24) is 4.90 Å². The summed E-state index contributed by atoms with van der Waals surface area (Å²) in [6.07, 6.45) is 6.23. The summed E-state index contributed by atoms with van der Waals surface area (Å²) in [4.78, 5) is 2.54. The lowest BCUT2D eigenvalue weighted by molar-refractivity contribution is 0.123. The number of fused-ring (bicyclic) bond motifs is 1. The van der Waals surface area contributed by atoms with Crippen LogP contribution < -0.4 is 5.73 Å². The van der Waals surface area contributed by atoms with Crippen LogP contribution in [0.5, 0.6) is 0 Å². The second-order valence-corrected chi connectivity index (χ2v) is 8.90. The molecular weight excluding hydrogens is 379 g/mol. The van der Waals surface area contributed by atoms with E-state index in [2.05, 4.69) is 41.3 Å². The Kier molecular flexibility index (Phi) is 8.20. The van der Waals surface area contributed by atoms with Gasteiger partial charge in [-0.15, -0.1) is 0 Å². The molecule has 2 atom stereocenters. The van der Waals surface area contributed by atoms with Crippen LogP contribution in [0, 0.1) is 0 Å². The summed E-state index contributed by atoms with van der Waals surface area (Å²) in [5, 5.41) is 10.7. The van der Waals surface area contributed by atoms with Gasteiger partial charge in [-0.05, 0) is 54.5 Å². The zero-order valence-electron chi connectivity index (χ0n) is 17.2. The predicted octanol–water partition coefficient (Wildman–Crippen LogP) is 4.49. The second kappa shape index (κ2) is 10.6. The molecule has 0 amide bonds. The molecule has 29 heavy (non-hydrogen) atoms. The van der Waals surface area contributed by atoms with Crippen molar-refractivity contribution in [2.45, 2.75) is 69.5 Å². The molecule has 3 rings (SSSR count). The highest BCUT2D eigenvalue weighted by atomic mass is 35.5. The minimum absolute atomic E-state index is 0.0259. The van der Waals surface area contributed by atoms with Crippen LogP contribution in [0.25, 0.3) is 0 Å². The molecule has 1 aliphatic heterocycles. The Morgan fingerprint density at radius 1 is 1.07 bits per heavy atom. The van der Waals surface area contributed by atoms with Crippen molar-refractivity contribution in [3.05, 3.63) is 70.2 Å². The number of nitrogens with zero attached hydrogens (tertiary/aromatic N) is 1. The fraction of sp³-hybridized carbons (Fsp3) is 0.500. The molecule has 0 aromatic heterocycles. The second-order valence-electron chi connectivity index (χ2n) is 8.46. The number of rotatable bonds is 10. The molecule has 1 aliphatic rings. The van der Waals surface area contributed by atoms with Gasteiger partial charge in [0, 0.05) is 29.7 Å². The first-order valence-electron chi connectivity index (χ1n) is 10.7. The van der Waals surface area contributed by atoms with E-state index in [0.29, 0.717) is 12.4 Å². The number of aliphatic hydroxyl groups is 1. The van der Waals surface area contributed by atoms with E-state index in [1.807, 2.05) is 12.1 Å². The molecular formula is C24H32BClN2O. The molecule has 2 radical (unpaired) electrons. The van der Waals surface area contributed by atoms with E-state index in [4.69, 9.17) is 25.2 Å². The fourth-order valence-electron chi connectivity index (χ4n) is 4.29. The third-order valence-corrected chi connectivity index (χ3v) is 6.43. The Balaban J connectivity index is 1.71.